The molecule has 3 nitrogen and oxygen atoms in total. The van der Waals surface area contributed by atoms with E-state index in [1.807, 2.05) is 11.3 Å². The smallest absolute Gasteiger partial charge is 0.108 e. The van der Waals surface area contributed by atoms with E-state index in [0.29, 0.717) is 5.92 Å². The number of hydrogen-bond acceptors (Lipinski definition) is 4. The van der Waals surface area contributed by atoms with Gasteiger partial charge in [-0.05, 0) is 86.6 Å². The average molecular weight is 516 g/mol. The van der Waals surface area contributed by atoms with Gasteiger partial charge in [0.05, 0.1) is 16.3 Å². The standard InChI is InChI=1S/C34H33N3S/c1-5-34(6-2)27-20-26(27)30-33(34)36-31-29(35-30)22(4)38-32(31)23-17-18-28(21(3)19-23)37(24-13-9-7-10-14-24)25-15-11-8-12-16-25/h7-19,26-27H,5-6,20H2,1-4H3. The van der Waals surface area contributed by atoms with Gasteiger partial charge >= 0.3 is 0 Å². The Morgan fingerprint density at radius 1 is 0.842 bits per heavy atom. The number of rotatable bonds is 6. The molecule has 190 valence electrons. The summed E-state index contributed by atoms with van der Waals surface area (Å²) in [6, 6.07) is 28.1. The van der Waals surface area contributed by atoms with E-state index in [9.17, 15) is 0 Å². The van der Waals surface area contributed by atoms with Crippen LogP contribution < -0.4 is 4.90 Å². The number of aryl methyl sites for hydroxylation is 2. The van der Waals surface area contributed by atoms with Crippen LogP contribution in [0.3, 0.4) is 0 Å². The molecule has 3 aromatic carbocycles. The molecule has 5 aromatic rings. The van der Waals surface area contributed by atoms with Crippen molar-refractivity contribution in [1.82, 2.24) is 9.97 Å². The molecule has 0 bridgehead atoms. The van der Waals surface area contributed by atoms with Crippen LogP contribution in [0.15, 0.2) is 78.9 Å². The number of benzene rings is 3. The normalized spacial score (nSPS) is 18.8. The molecule has 2 unspecified atom stereocenters. The van der Waals surface area contributed by atoms with Gasteiger partial charge in [0.2, 0.25) is 0 Å². The predicted octanol–water partition coefficient (Wildman–Crippen LogP) is 9.62. The maximum atomic E-state index is 5.45. The molecule has 0 radical (unpaired) electrons. The fourth-order valence-corrected chi connectivity index (χ4v) is 7.97. The van der Waals surface area contributed by atoms with E-state index in [2.05, 4.69) is 111 Å². The Morgan fingerprint density at radius 3 is 2.11 bits per heavy atom. The van der Waals surface area contributed by atoms with E-state index in [4.69, 9.17) is 9.97 Å². The SMILES string of the molecule is CCC1(CC)c2nc3c(-c4ccc(N(c5ccccc5)c5ccccc5)c(C)c4)sc(C)c3nc2C2CC21. The molecule has 38 heavy (non-hydrogen) atoms. The van der Waals surface area contributed by atoms with Crippen LogP contribution in [0.5, 0.6) is 0 Å². The van der Waals surface area contributed by atoms with Crippen LogP contribution in [-0.4, -0.2) is 9.97 Å². The first-order valence-electron chi connectivity index (χ1n) is 13.9. The Bertz CT molecular complexity index is 1610. The largest absolute Gasteiger partial charge is 0.310 e. The van der Waals surface area contributed by atoms with E-state index in [-0.39, 0.29) is 5.41 Å². The summed E-state index contributed by atoms with van der Waals surface area (Å²) in [5.41, 5.74) is 11.0. The molecule has 2 aliphatic carbocycles. The van der Waals surface area contributed by atoms with Gasteiger partial charge in [-0.15, -0.1) is 11.3 Å². The zero-order valence-electron chi connectivity index (χ0n) is 22.5. The van der Waals surface area contributed by atoms with Crippen molar-refractivity contribution < 1.29 is 0 Å². The molecule has 0 saturated heterocycles. The molecule has 2 atom stereocenters. The highest BCUT2D eigenvalue weighted by atomic mass is 32.1. The van der Waals surface area contributed by atoms with Gasteiger partial charge in [-0.3, -0.25) is 0 Å². The Kier molecular flexibility index (Phi) is 5.45. The topological polar surface area (TPSA) is 29.0 Å². The Balaban J connectivity index is 1.35. The minimum Gasteiger partial charge on any atom is -0.310 e. The monoisotopic (exact) mass is 515 g/mol. The number of thiophene rings is 1. The molecule has 0 spiro atoms. The van der Waals surface area contributed by atoms with E-state index in [1.165, 1.54) is 44.4 Å². The first-order valence-corrected chi connectivity index (χ1v) is 14.7. The van der Waals surface area contributed by atoms with Gasteiger partial charge in [-0.1, -0.05) is 56.3 Å². The summed E-state index contributed by atoms with van der Waals surface area (Å²) in [6.45, 7) is 9.11. The molecule has 1 saturated carbocycles. The minimum atomic E-state index is 0.208. The molecule has 4 heteroatoms. The van der Waals surface area contributed by atoms with Crippen molar-refractivity contribution in [3.63, 3.8) is 0 Å². The van der Waals surface area contributed by atoms with Crippen molar-refractivity contribution in [3.8, 4) is 10.4 Å². The quantitative estimate of drug-likeness (QED) is 0.225. The summed E-state index contributed by atoms with van der Waals surface area (Å²) in [7, 11) is 0. The van der Waals surface area contributed by atoms with Crippen LogP contribution in [0.2, 0.25) is 0 Å². The molecule has 1 fully saturated rings. The molecule has 0 aliphatic heterocycles. The third-order valence-corrected chi connectivity index (χ3v) is 10.2. The van der Waals surface area contributed by atoms with Crippen molar-refractivity contribution in [2.45, 2.75) is 58.3 Å². The van der Waals surface area contributed by atoms with E-state index >= 15 is 0 Å². The molecule has 0 N–H and O–H groups in total. The first-order chi connectivity index (χ1) is 18.6. The molecule has 7 rings (SSSR count). The second kappa shape index (κ2) is 8.78. The van der Waals surface area contributed by atoms with Gasteiger partial charge in [0, 0.05) is 33.3 Å². The third-order valence-electron chi connectivity index (χ3n) is 9.04. The van der Waals surface area contributed by atoms with Crippen LogP contribution in [0.25, 0.3) is 21.5 Å². The van der Waals surface area contributed by atoms with Gasteiger partial charge in [0.1, 0.15) is 11.0 Å². The number of anilines is 3. The van der Waals surface area contributed by atoms with Crippen LogP contribution in [0.1, 0.15) is 60.9 Å². The summed E-state index contributed by atoms with van der Waals surface area (Å²) in [5, 5.41) is 0. The fourth-order valence-electron chi connectivity index (χ4n) is 6.94. The van der Waals surface area contributed by atoms with E-state index in [1.54, 1.807) is 0 Å². The summed E-state index contributed by atoms with van der Waals surface area (Å²) < 4.78 is 0. The van der Waals surface area contributed by atoms with Gasteiger partial charge < -0.3 is 4.90 Å². The Labute approximate surface area is 229 Å². The minimum absolute atomic E-state index is 0.208. The third kappa shape index (κ3) is 3.39. The second-order valence-corrected chi connectivity index (χ2v) is 12.2. The van der Waals surface area contributed by atoms with Crippen LogP contribution in [0.4, 0.5) is 17.1 Å². The predicted molar refractivity (Wildman–Crippen MR) is 160 cm³/mol. The zero-order chi connectivity index (χ0) is 26.0. The first kappa shape index (κ1) is 23.6. The average Bonchev–Trinajstić information content (AvgIpc) is 3.63. The second-order valence-electron chi connectivity index (χ2n) is 11.0. The number of fused-ring (bicyclic) bond motifs is 4. The summed E-state index contributed by atoms with van der Waals surface area (Å²) in [4.78, 5) is 15.6. The van der Waals surface area contributed by atoms with Gasteiger partial charge in [0.15, 0.2) is 0 Å². The Morgan fingerprint density at radius 2 is 1.50 bits per heavy atom. The van der Waals surface area contributed by atoms with Crippen LogP contribution in [0, 0.1) is 19.8 Å². The molecular weight excluding hydrogens is 482 g/mol. The molecule has 2 aliphatic rings. The highest BCUT2D eigenvalue weighted by molar-refractivity contribution is 7.17. The highest BCUT2D eigenvalue weighted by Gasteiger charge is 2.61. The van der Waals surface area contributed by atoms with Crippen molar-refractivity contribution in [2.75, 3.05) is 4.90 Å². The number of para-hydroxylation sites is 2. The van der Waals surface area contributed by atoms with Crippen LogP contribution in [-0.2, 0) is 5.41 Å². The summed E-state index contributed by atoms with van der Waals surface area (Å²) in [5.74, 6) is 1.38. The van der Waals surface area contributed by atoms with Crippen molar-refractivity contribution in [2.24, 2.45) is 5.92 Å². The van der Waals surface area contributed by atoms with E-state index in [0.717, 1.165) is 41.2 Å². The lowest BCUT2D eigenvalue weighted by Gasteiger charge is -2.29. The maximum absolute atomic E-state index is 5.45. The fraction of sp³-hybridized carbons (Fsp3) is 0.294. The molecular formula is C34H33N3S. The van der Waals surface area contributed by atoms with Gasteiger partial charge in [-0.25, -0.2) is 9.97 Å². The highest BCUT2D eigenvalue weighted by Crippen LogP contribution is 2.67. The molecule has 2 heterocycles. The number of aromatic nitrogens is 2. The number of nitrogens with zero attached hydrogens (tertiary/aromatic N) is 3. The van der Waals surface area contributed by atoms with Crippen LogP contribution >= 0.6 is 11.3 Å². The lowest BCUT2D eigenvalue weighted by atomic mass is 9.77. The van der Waals surface area contributed by atoms with E-state index < -0.39 is 0 Å². The van der Waals surface area contributed by atoms with Crippen molar-refractivity contribution in [3.05, 3.63) is 101 Å². The lowest BCUT2D eigenvalue weighted by Crippen LogP contribution is -2.26. The number of hydrogen-bond donors (Lipinski definition) is 0. The summed E-state index contributed by atoms with van der Waals surface area (Å²) >= 11 is 1.84. The molecule has 0 amide bonds. The van der Waals surface area contributed by atoms with Gasteiger partial charge in [0.25, 0.3) is 0 Å². The Hall–Kier alpha value is -3.50. The zero-order valence-corrected chi connectivity index (χ0v) is 23.3. The van der Waals surface area contributed by atoms with Gasteiger partial charge in [-0.2, -0.15) is 0 Å². The van der Waals surface area contributed by atoms with Crippen molar-refractivity contribution >= 4 is 39.4 Å². The lowest BCUT2D eigenvalue weighted by molar-refractivity contribution is 0.347. The maximum Gasteiger partial charge on any atom is 0.108 e. The molecule has 2 aromatic heterocycles. The summed E-state index contributed by atoms with van der Waals surface area (Å²) in [6.07, 6.45) is 3.60. The van der Waals surface area contributed by atoms with Crippen molar-refractivity contribution in [1.29, 1.82) is 0 Å².